The van der Waals surface area contributed by atoms with Gasteiger partial charge in [0.05, 0.1) is 0 Å². The minimum absolute atomic E-state index is 0.0925. The van der Waals surface area contributed by atoms with Crippen LogP contribution in [0.2, 0.25) is 0 Å². The van der Waals surface area contributed by atoms with Crippen molar-refractivity contribution in [1.82, 2.24) is 0 Å². The van der Waals surface area contributed by atoms with Crippen molar-refractivity contribution in [2.45, 2.75) is 335 Å². The van der Waals surface area contributed by atoms with Gasteiger partial charge in [0.25, 0.3) is 0 Å². The van der Waals surface area contributed by atoms with Gasteiger partial charge in [-0.25, -0.2) is 0 Å². The van der Waals surface area contributed by atoms with Crippen LogP contribution >= 0.6 is 0 Å². The van der Waals surface area contributed by atoms with Gasteiger partial charge in [-0.05, 0) is 128 Å². The summed E-state index contributed by atoms with van der Waals surface area (Å²) < 4.78 is 17.0. The second-order valence-electron chi connectivity index (χ2n) is 23.0. The number of allylic oxidation sites excluding steroid dienone is 20. The van der Waals surface area contributed by atoms with Gasteiger partial charge in [-0.15, -0.1) is 0 Å². The first kappa shape index (κ1) is 78.8. The van der Waals surface area contributed by atoms with Crippen molar-refractivity contribution in [3.63, 3.8) is 0 Å². The maximum absolute atomic E-state index is 12.9. The number of esters is 3. The van der Waals surface area contributed by atoms with Crippen LogP contribution in [0.1, 0.15) is 329 Å². The predicted molar refractivity (Wildman–Crippen MR) is 362 cm³/mol. The standard InChI is InChI=1S/C77H130O6/c1-4-7-10-13-16-19-22-25-28-31-33-34-35-36-37-38-39-40-41-42-44-46-49-52-55-58-61-64-67-70-76(79)82-73-74(72-81-75(78)69-66-63-60-57-54-51-48-45-30-27-24-21-18-15-12-9-6-3)83-77(80)71-68-65-62-59-56-53-50-47-43-32-29-26-23-20-17-14-11-8-5-2/h8-9,11-12,17-18,20-22,25-27,29-31,33,43,47-48,51,74H,4-7,10,13-16,19,23-24,28,32,34-42,44-46,49-50,52-73H2,1-3H3/b11-8-,12-9-,20-17-,21-18-,25-22-,29-26-,30-27-,33-31-,47-43-,51-48-. The highest BCUT2D eigenvalue weighted by Gasteiger charge is 2.19. The van der Waals surface area contributed by atoms with Crippen LogP contribution in [-0.4, -0.2) is 37.2 Å². The number of unbranched alkanes of at least 4 members (excludes halogenated alkanes) is 32. The van der Waals surface area contributed by atoms with Crippen LogP contribution in [0.5, 0.6) is 0 Å². The van der Waals surface area contributed by atoms with Crippen molar-refractivity contribution in [3.05, 3.63) is 122 Å². The van der Waals surface area contributed by atoms with E-state index in [2.05, 4.69) is 142 Å². The average Bonchev–Trinajstić information content (AvgIpc) is 3.49. The van der Waals surface area contributed by atoms with Crippen molar-refractivity contribution in [1.29, 1.82) is 0 Å². The van der Waals surface area contributed by atoms with Crippen molar-refractivity contribution in [2.75, 3.05) is 13.2 Å². The number of rotatable bonds is 63. The van der Waals surface area contributed by atoms with Gasteiger partial charge in [-0.2, -0.15) is 0 Å². The van der Waals surface area contributed by atoms with E-state index in [1.807, 2.05) is 0 Å². The fraction of sp³-hybridized carbons (Fsp3) is 0.701. The van der Waals surface area contributed by atoms with E-state index in [1.165, 1.54) is 148 Å². The second-order valence-corrected chi connectivity index (χ2v) is 23.0. The highest BCUT2D eigenvalue weighted by molar-refractivity contribution is 5.71. The topological polar surface area (TPSA) is 78.9 Å². The fourth-order valence-electron chi connectivity index (χ4n) is 9.75. The molecule has 0 N–H and O–H groups in total. The highest BCUT2D eigenvalue weighted by Crippen LogP contribution is 2.17. The number of ether oxygens (including phenoxy) is 3. The first-order valence-corrected chi connectivity index (χ1v) is 35.0. The molecular weight excluding hydrogens is 1020 g/mol. The molecule has 0 saturated carbocycles. The van der Waals surface area contributed by atoms with Crippen LogP contribution in [0.25, 0.3) is 0 Å². The summed E-state index contributed by atoms with van der Waals surface area (Å²) in [5.74, 6) is -0.921. The van der Waals surface area contributed by atoms with E-state index in [0.717, 1.165) is 141 Å². The quantitative estimate of drug-likeness (QED) is 0.0261. The van der Waals surface area contributed by atoms with Gasteiger partial charge in [0, 0.05) is 19.3 Å². The van der Waals surface area contributed by atoms with Crippen LogP contribution in [-0.2, 0) is 28.6 Å². The van der Waals surface area contributed by atoms with Gasteiger partial charge in [0.1, 0.15) is 13.2 Å². The summed E-state index contributed by atoms with van der Waals surface area (Å²) in [6.07, 6.45) is 97.9. The van der Waals surface area contributed by atoms with Crippen LogP contribution in [0, 0.1) is 0 Å². The molecule has 0 bridgehead atoms. The summed E-state index contributed by atoms with van der Waals surface area (Å²) in [5.41, 5.74) is 0. The lowest BCUT2D eigenvalue weighted by Crippen LogP contribution is -2.30. The Morgan fingerprint density at radius 2 is 0.470 bits per heavy atom. The molecule has 6 heteroatoms. The van der Waals surface area contributed by atoms with Gasteiger partial charge in [-0.3, -0.25) is 14.4 Å². The SMILES string of the molecule is CC/C=C\C/C=C\C/C=C\C/C=C\CCCCCCCCC(=O)OC(COC(=O)CCCCCC/C=C\C/C=C\C/C=C\C/C=C\CC)COC(=O)CCCCCCCCCCCCCCCCCCC/C=C\C/C=C\CCCCCCC. The molecule has 0 aliphatic rings. The number of carbonyl (C=O) groups is 3. The van der Waals surface area contributed by atoms with E-state index in [4.69, 9.17) is 14.2 Å². The third kappa shape index (κ3) is 68.5. The summed E-state index contributed by atoms with van der Waals surface area (Å²) >= 11 is 0. The fourth-order valence-corrected chi connectivity index (χ4v) is 9.75. The molecule has 0 amide bonds. The minimum atomic E-state index is -0.801. The van der Waals surface area contributed by atoms with Crippen LogP contribution in [0.3, 0.4) is 0 Å². The predicted octanol–water partition coefficient (Wildman–Crippen LogP) is 24.3. The minimum Gasteiger partial charge on any atom is -0.462 e. The summed E-state index contributed by atoms with van der Waals surface area (Å²) in [7, 11) is 0. The Kier molecular flexibility index (Phi) is 66.7. The molecule has 0 aromatic carbocycles. The molecule has 1 unspecified atom stereocenters. The number of hydrogen-bond acceptors (Lipinski definition) is 6. The van der Waals surface area contributed by atoms with E-state index in [0.29, 0.717) is 19.3 Å². The van der Waals surface area contributed by atoms with E-state index in [-0.39, 0.29) is 31.1 Å². The third-order valence-corrected chi connectivity index (χ3v) is 14.9. The van der Waals surface area contributed by atoms with Gasteiger partial charge in [-0.1, -0.05) is 303 Å². The zero-order valence-corrected chi connectivity index (χ0v) is 54.4. The Morgan fingerprint density at radius 1 is 0.253 bits per heavy atom. The van der Waals surface area contributed by atoms with Crippen molar-refractivity contribution < 1.29 is 28.6 Å². The zero-order chi connectivity index (χ0) is 59.9. The molecule has 0 saturated heterocycles. The molecule has 474 valence electrons. The van der Waals surface area contributed by atoms with Crippen molar-refractivity contribution in [2.24, 2.45) is 0 Å². The van der Waals surface area contributed by atoms with E-state index < -0.39 is 6.10 Å². The Hall–Kier alpha value is -4.19. The summed E-state index contributed by atoms with van der Waals surface area (Å²) in [6, 6.07) is 0. The third-order valence-electron chi connectivity index (χ3n) is 14.9. The smallest absolute Gasteiger partial charge is 0.306 e. The molecule has 83 heavy (non-hydrogen) atoms. The summed E-state index contributed by atoms with van der Waals surface area (Å²) in [6.45, 7) is 6.40. The average molecular weight is 1150 g/mol. The molecule has 0 heterocycles. The van der Waals surface area contributed by atoms with Gasteiger partial charge in [0.2, 0.25) is 0 Å². The molecule has 0 spiro atoms. The van der Waals surface area contributed by atoms with Gasteiger partial charge < -0.3 is 14.2 Å². The molecule has 6 nitrogen and oxygen atoms in total. The lowest BCUT2D eigenvalue weighted by atomic mass is 10.0. The van der Waals surface area contributed by atoms with Crippen LogP contribution < -0.4 is 0 Å². The molecule has 0 fully saturated rings. The maximum Gasteiger partial charge on any atom is 0.306 e. The molecular formula is C77H130O6. The molecule has 0 aliphatic heterocycles. The Bertz CT molecular complexity index is 1700. The van der Waals surface area contributed by atoms with Crippen molar-refractivity contribution in [3.8, 4) is 0 Å². The molecule has 0 radical (unpaired) electrons. The molecule has 0 aliphatic carbocycles. The first-order chi connectivity index (χ1) is 41.0. The van der Waals surface area contributed by atoms with Crippen molar-refractivity contribution >= 4 is 17.9 Å². The Morgan fingerprint density at radius 3 is 0.735 bits per heavy atom. The van der Waals surface area contributed by atoms with Gasteiger partial charge in [0.15, 0.2) is 6.10 Å². The Balaban J connectivity index is 4.33. The summed E-state index contributed by atoms with van der Waals surface area (Å²) in [5, 5.41) is 0. The first-order valence-electron chi connectivity index (χ1n) is 35.0. The Labute approximate surface area is 513 Å². The monoisotopic (exact) mass is 1150 g/mol. The lowest BCUT2D eigenvalue weighted by molar-refractivity contribution is -0.167. The molecule has 1 atom stereocenters. The highest BCUT2D eigenvalue weighted by atomic mass is 16.6. The largest absolute Gasteiger partial charge is 0.462 e. The van der Waals surface area contributed by atoms with Gasteiger partial charge >= 0.3 is 17.9 Å². The second kappa shape index (κ2) is 70.3. The zero-order valence-electron chi connectivity index (χ0n) is 54.4. The molecule has 0 aromatic heterocycles. The number of carbonyl (C=O) groups excluding carboxylic acids is 3. The van der Waals surface area contributed by atoms with Crippen LogP contribution in [0.15, 0.2) is 122 Å². The lowest BCUT2D eigenvalue weighted by Gasteiger charge is -2.18. The van der Waals surface area contributed by atoms with E-state index >= 15 is 0 Å². The molecule has 0 aromatic rings. The van der Waals surface area contributed by atoms with E-state index in [1.54, 1.807) is 0 Å². The normalized spacial score (nSPS) is 12.9. The maximum atomic E-state index is 12.9. The number of hydrogen-bond donors (Lipinski definition) is 0. The van der Waals surface area contributed by atoms with Crippen LogP contribution in [0.4, 0.5) is 0 Å². The van der Waals surface area contributed by atoms with E-state index in [9.17, 15) is 14.4 Å². The molecule has 0 rings (SSSR count). The summed E-state index contributed by atoms with van der Waals surface area (Å²) in [4.78, 5) is 38.4.